The Morgan fingerprint density at radius 2 is 2.44 bits per heavy atom. The highest BCUT2D eigenvalue weighted by Gasteiger charge is 2.31. The van der Waals surface area contributed by atoms with Crippen LogP contribution in [0.3, 0.4) is 0 Å². The van der Waals surface area contributed by atoms with Crippen molar-refractivity contribution in [2.45, 2.75) is 38.1 Å². The topological polar surface area (TPSA) is 72.5 Å². The number of hydrogen-bond donors (Lipinski definition) is 2. The standard InChI is InChI=1S/C11H17NO3S/c12-9(11(13)14)3-4-16-15-10-6-7-1-2-8(10)5-7/h7,9H,1-6,12H2,(H,13,14)/t7?,9-/m0/s1. The van der Waals surface area contributed by atoms with Crippen LogP contribution in [0.2, 0.25) is 0 Å². The minimum atomic E-state index is -0.942. The van der Waals surface area contributed by atoms with Crippen LogP contribution in [0.15, 0.2) is 11.3 Å². The molecule has 2 rings (SSSR count). The van der Waals surface area contributed by atoms with E-state index < -0.39 is 12.0 Å². The van der Waals surface area contributed by atoms with Crippen molar-refractivity contribution < 1.29 is 14.1 Å². The number of carboxylic acid groups (broad SMARTS) is 1. The number of carbonyl (C=O) groups is 1. The summed E-state index contributed by atoms with van der Waals surface area (Å²) in [5.74, 6) is 1.65. The number of rotatable bonds is 6. The molecule has 2 atom stereocenters. The number of nitrogens with two attached hydrogens (primary N) is 1. The van der Waals surface area contributed by atoms with Crippen LogP contribution in [-0.4, -0.2) is 22.9 Å². The van der Waals surface area contributed by atoms with Crippen molar-refractivity contribution in [1.29, 1.82) is 0 Å². The lowest BCUT2D eigenvalue weighted by Crippen LogP contribution is -2.30. The zero-order chi connectivity index (χ0) is 11.5. The lowest BCUT2D eigenvalue weighted by molar-refractivity contribution is -0.138. The van der Waals surface area contributed by atoms with E-state index >= 15 is 0 Å². The van der Waals surface area contributed by atoms with Gasteiger partial charge in [0.05, 0.1) is 12.0 Å². The van der Waals surface area contributed by atoms with E-state index in [0.29, 0.717) is 12.2 Å². The molecule has 2 aliphatic rings. The van der Waals surface area contributed by atoms with Gasteiger partial charge in [-0.3, -0.25) is 4.79 Å². The summed E-state index contributed by atoms with van der Waals surface area (Å²) in [6, 6.07) is -0.770. The van der Waals surface area contributed by atoms with Gasteiger partial charge in [0.15, 0.2) is 0 Å². The second-order valence-corrected chi connectivity index (χ2v) is 5.29. The van der Waals surface area contributed by atoms with Crippen LogP contribution in [0.1, 0.15) is 32.1 Å². The summed E-state index contributed by atoms with van der Waals surface area (Å²) >= 11 is 1.33. The number of hydrogen-bond acceptors (Lipinski definition) is 4. The van der Waals surface area contributed by atoms with E-state index in [1.807, 2.05) is 0 Å². The molecule has 0 radical (unpaired) electrons. The van der Waals surface area contributed by atoms with Crippen LogP contribution >= 0.6 is 12.0 Å². The molecule has 0 saturated heterocycles. The van der Waals surface area contributed by atoms with Gasteiger partial charge >= 0.3 is 5.97 Å². The molecule has 1 fully saturated rings. The summed E-state index contributed by atoms with van der Waals surface area (Å²) in [4.78, 5) is 10.5. The minimum Gasteiger partial charge on any atom is -0.480 e. The van der Waals surface area contributed by atoms with E-state index in [4.69, 9.17) is 15.0 Å². The van der Waals surface area contributed by atoms with Crippen LogP contribution < -0.4 is 5.73 Å². The van der Waals surface area contributed by atoms with Crippen LogP contribution in [0, 0.1) is 5.92 Å². The Balaban J connectivity index is 1.64. The van der Waals surface area contributed by atoms with Crippen LogP contribution in [0.25, 0.3) is 0 Å². The highest BCUT2D eigenvalue weighted by atomic mass is 32.2. The molecular formula is C11H17NO3S. The molecule has 4 nitrogen and oxygen atoms in total. The van der Waals surface area contributed by atoms with Gasteiger partial charge in [-0.1, -0.05) is 0 Å². The first-order chi connectivity index (χ1) is 7.66. The summed E-state index contributed by atoms with van der Waals surface area (Å²) in [5.41, 5.74) is 6.86. The molecule has 3 N–H and O–H groups in total. The van der Waals surface area contributed by atoms with Gasteiger partial charge in [-0.05, 0) is 37.2 Å². The van der Waals surface area contributed by atoms with Crippen molar-refractivity contribution in [2.24, 2.45) is 11.7 Å². The summed E-state index contributed by atoms with van der Waals surface area (Å²) < 4.78 is 5.61. The Morgan fingerprint density at radius 1 is 1.62 bits per heavy atom. The van der Waals surface area contributed by atoms with Crippen LogP contribution in [0.5, 0.6) is 0 Å². The maximum atomic E-state index is 10.5. The first kappa shape index (κ1) is 11.8. The molecule has 0 heterocycles. The molecular weight excluding hydrogens is 226 g/mol. The predicted octanol–water partition coefficient (Wildman–Crippen LogP) is 1.91. The monoisotopic (exact) mass is 243 g/mol. The van der Waals surface area contributed by atoms with Gasteiger partial charge in [0.25, 0.3) is 0 Å². The van der Waals surface area contributed by atoms with E-state index in [2.05, 4.69) is 0 Å². The molecule has 0 aromatic carbocycles. The Hall–Kier alpha value is -0.680. The Kier molecular flexibility index (Phi) is 3.76. The fourth-order valence-electron chi connectivity index (χ4n) is 2.27. The fraction of sp³-hybridized carbons (Fsp3) is 0.727. The maximum Gasteiger partial charge on any atom is 0.320 e. The SMILES string of the molecule is N[C@@H](CCSOC1=C2CCC(C2)C1)C(=O)O. The summed E-state index contributed by atoms with van der Waals surface area (Å²) in [6.07, 6.45) is 5.25. The number of allylic oxidation sites excluding steroid dienone is 2. The van der Waals surface area contributed by atoms with Gasteiger partial charge in [-0.15, -0.1) is 0 Å². The van der Waals surface area contributed by atoms with E-state index in [1.54, 1.807) is 0 Å². The normalized spacial score (nSPS) is 24.9. The van der Waals surface area contributed by atoms with E-state index in [0.717, 1.165) is 18.1 Å². The average molecular weight is 243 g/mol. The number of fused-ring (bicyclic) bond motifs is 2. The van der Waals surface area contributed by atoms with Gasteiger partial charge in [-0.25, -0.2) is 0 Å². The third kappa shape index (κ3) is 2.71. The second-order valence-electron chi connectivity index (χ2n) is 4.48. The Labute approximate surface area is 99.4 Å². The predicted molar refractivity (Wildman–Crippen MR) is 62.8 cm³/mol. The number of carboxylic acids is 1. The van der Waals surface area contributed by atoms with Crippen molar-refractivity contribution in [1.82, 2.24) is 0 Å². The van der Waals surface area contributed by atoms with Crippen molar-refractivity contribution in [3.63, 3.8) is 0 Å². The second kappa shape index (κ2) is 5.10. The van der Waals surface area contributed by atoms with Gasteiger partial charge in [0.1, 0.15) is 11.8 Å². The molecule has 1 saturated carbocycles. The average Bonchev–Trinajstić information content (AvgIpc) is 2.85. The molecule has 16 heavy (non-hydrogen) atoms. The van der Waals surface area contributed by atoms with Gasteiger partial charge in [0.2, 0.25) is 0 Å². The molecule has 2 bridgehead atoms. The third-order valence-corrected chi connectivity index (χ3v) is 3.97. The summed E-state index contributed by atoms with van der Waals surface area (Å²) in [7, 11) is 0. The number of aliphatic carboxylic acids is 1. The highest BCUT2D eigenvalue weighted by molar-refractivity contribution is 7.94. The first-order valence-corrected chi connectivity index (χ1v) is 6.56. The zero-order valence-corrected chi connectivity index (χ0v) is 9.96. The van der Waals surface area contributed by atoms with E-state index in [1.165, 1.54) is 36.9 Å². The lowest BCUT2D eigenvalue weighted by Gasteiger charge is -2.12. The quantitative estimate of drug-likeness (QED) is 0.550. The van der Waals surface area contributed by atoms with E-state index in [-0.39, 0.29) is 0 Å². The molecule has 0 spiro atoms. The molecule has 0 aromatic rings. The third-order valence-electron chi connectivity index (χ3n) is 3.25. The van der Waals surface area contributed by atoms with Crippen molar-refractivity contribution in [3.05, 3.63) is 11.3 Å². The molecule has 0 aromatic heterocycles. The Bertz CT molecular complexity index is 316. The molecule has 0 aliphatic heterocycles. The van der Waals surface area contributed by atoms with Gasteiger partial charge in [0, 0.05) is 12.2 Å². The van der Waals surface area contributed by atoms with Crippen LogP contribution in [-0.2, 0) is 8.98 Å². The van der Waals surface area contributed by atoms with E-state index in [9.17, 15) is 4.79 Å². The summed E-state index contributed by atoms with van der Waals surface area (Å²) in [6.45, 7) is 0. The van der Waals surface area contributed by atoms with Crippen LogP contribution in [0.4, 0.5) is 0 Å². The van der Waals surface area contributed by atoms with Crippen molar-refractivity contribution in [3.8, 4) is 0 Å². The lowest BCUT2D eigenvalue weighted by atomic mass is 10.1. The molecule has 5 heteroatoms. The molecule has 90 valence electrons. The Morgan fingerprint density at radius 3 is 3.00 bits per heavy atom. The van der Waals surface area contributed by atoms with Crippen molar-refractivity contribution in [2.75, 3.05) is 5.75 Å². The first-order valence-electron chi connectivity index (χ1n) is 5.65. The largest absolute Gasteiger partial charge is 0.480 e. The molecule has 1 unspecified atom stereocenters. The minimum absolute atomic E-state index is 0.450. The fourth-order valence-corrected chi connectivity index (χ4v) is 3.03. The van der Waals surface area contributed by atoms with Gasteiger partial charge in [-0.2, -0.15) is 0 Å². The zero-order valence-electron chi connectivity index (χ0n) is 9.15. The highest BCUT2D eigenvalue weighted by Crippen LogP contribution is 2.45. The summed E-state index contributed by atoms with van der Waals surface area (Å²) in [5, 5.41) is 8.59. The molecule has 2 aliphatic carbocycles. The smallest absolute Gasteiger partial charge is 0.320 e. The maximum absolute atomic E-state index is 10.5. The van der Waals surface area contributed by atoms with Crippen molar-refractivity contribution >= 4 is 18.0 Å². The van der Waals surface area contributed by atoms with Gasteiger partial charge < -0.3 is 15.0 Å². The molecule has 0 amide bonds.